The molecule has 0 saturated heterocycles. The number of hydrogen-bond donors (Lipinski definition) is 1. The predicted molar refractivity (Wildman–Crippen MR) is 84.3 cm³/mol. The third-order valence-electron chi connectivity index (χ3n) is 4.09. The quantitative estimate of drug-likeness (QED) is 0.657. The maximum atomic E-state index is 12.3. The number of carbonyl (C=O) groups excluding carboxylic acids is 1. The molecule has 1 aliphatic carbocycles. The lowest BCUT2D eigenvalue weighted by atomic mass is 9.75. The van der Waals surface area contributed by atoms with Crippen molar-refractivity contribution in [3.05, 3.63) is 38.3 Å². The van der Waals surface area contributed by atoms with Crippen molar-refractivity contribution in [2.24, 2.45) is 5.41 Å². The summed E-state index contributed by atoms with van der Waals surface area (Å²) in [5.41, 5.74) is 0.564. The van der Waals surface area contributed by atoms with Crippen molar-refractivity contribution in [1.82, 2.24) is 5.32 Å². The van der Waals surface area contributed by atoms with E-state index in [0.717, 1.165) is 25.7 Å². The van der Waals surface area contributed by atoms with Gasteiger partial charge < -0.3 is 5.32 Å². The minimum Gasteiger partial charge on any atom is -0.349 e. The molecule has 21 heavy (non-hydrogen) atoms. The van der Waals surface area contributed by atoms with Crippen molar-refractivity contribution in [2.75, 3.05) is 0 Å². The Labute approximate surface area is 132 Å². The van der Waals surface area contributed by atoms with Gasteiger partial charge in [0.1, 0.15) is 4.47 Å². The minimum atomic E-state index is -0.496. The van der Waals surface area contributed by atoms with Gasteiger partial charge >= 0.3 is 0 Å². The Bertz CT molecular complexity index is 562. The van der Waals surface area contributed by atoms with Crippen molar-refractivity contribution in [3.8, 4) is 0 Å². The normalized spacial score (nSPS) is 18.2. The average Bonchev–Trinajstić information content (AvgIpc) is 2.41. The summed E-state index contributed by atoms with van der Waals surface area (Å²) in [7, 11) is 0. The molecule has 0 spiro atoms. The molecule has 0 aliphatic heterocycles. The second-order valence-corrected chi connectivity index (χ2v) is 7.10. The monoisotopic (exact) mass is 354 g/mol. The predicted octanol–water partition coefficient (Wildman–Crippen LogP) is 4.06. The lowest BCUT2D eigenvalue weighted by Gasteiger charge is -2.34. The van der Waals surface area contributed by atoms with Crippen LogP contribution in [0.25, 0.3) is 0 Å². The number of amides is 1. The second-order valence-electron chi connectivity index (χ2n) is 6.31. The number of carbonyl (C=O) groups is 1. The molecule has 0 aromatic heterocycles. The van der Waals surface area contributed by atoms with E-state index in [1.165, 1.54) is 12.1 Å². The summed E-state index contributed by atoms with van der Waals surface area (Å²) < 4.78 is 0.239. The molecule has 0 bridgehead atoms. The molecule has 0 unspecified atom stereocenters. The van der Waals surface area contributed by atoms with Crippen LogP contribution >= 0.6 is 15.9 Å². The first-order valence-corrected chi connectivity index (χ1v) is 7.83. The molecule has 1 N–H and O–H groups in total. The highest BCUT2D eigenvalue weighted by Gasteiger charge is 2.28. The van der Waals surface area contributed by atoms with Crippen LogP contribution in [0.1, 0.15) is 49.9 Å². The fraction of sp³-hybridized carbons (Fsp3) is 0.533. The maximum absolute atomic E-state index is 12.3. The molecule has 0 heterocycles. The van der Waals surface area contributed by atoms with E-state index in [2.05, 4.69) is 35.1 Å². The molecule has 5 nitrogen and oxygen atoms in total. The summed E-state index contributed by atoms with van der Waals surface area (Å²) >= 11 is 3.16. The topological polar surface area (TPSA) is 72.2 Å². The lowest BCUT2D eigenvalue weighted by molar-refractivity contribution is -0.385. The molecule has 0 atom stereocenters. The molecule has 1 saturated carbocycles. The van der Waals surface area contributed by atoms with Gasteiger partial charge in [0.05, 0.1) is 10.5 Å². The van der Waals surface area contributed by atoms with Gasteiger partial charge in [-0.25, -0.2) is 0 Å². The van der Waals surface area contributed by atoms with E-state index in [1.807, 2.05) is 0 Å². The highest BCUT2D eigenvalue weighted by atomic mass is 79.9. The number of halogens is 1. The van der Waals surface area contributed by atoms with Crippen molar-refractivity contribution >= 4 is 27.5 Å². The molecule has 114 valence electrons. The minimum absolute atomic E-state index is 0.0903. The van der Waals surface area contributed by atoms with E-state index in [1.54, 1.807) is 6.07 Å². The molecule has 0 radical (unpaired) electrons. The van der Waals surface area contributed by atoms with Crippen LogP contribution < -0.4 is 5.32 Å². The van der Waals surface area contributed by atoms with Gasteiger partial charge in [0, 0.05) is 12.1 Å². The van der Waals surface area contributed by atoms with Crippen molar-refractivity contribution in [1.29, 1.82) is 0 Å². The van der Waals surface area contributed by atoms with Crippen LogP contribution in [0.4, 0.5) is 5.69 Å². The fourth-order valence-corrected chi connectivity index (χ4v) is 3.23. The second kappa shape index (κ2) is 6.13. The zero-order chi connectivity index (χ0) is 15.6. The SMILES string of the molecule is CC1(C)CCC(NC(=O)c2cccc([N+](=O)[O-])c2Br)CC1. The van der Waals surface area contributed by atoms with E-state index in [9.17, 15) is 14.9 Å². The summed E-state index contributed by atoms with van der Waals surface area (Å²) in [5.74, 6) is -0.254. The Kier molecular flexibility index (Phi) is 4.66. The van der Waals surface area contributed by atoms with Crippen LogP contribution in [-0.2, 0) is 0 Å². The van der Waals surface area contributed by atoms with Crippen molar-refractivity contribution in [3.63, 3.8) is 0 Å². The third kappa shape index (κ3) is 3.81. The van der Waals surface area contributed by atoms with Crippen LogP contribution in [0.15, 0.2) is 22.7 Å². The molecule has 1 aliphatic rings. The van der Waals surface area contributed by atoms with E-state index < -0.39 is 4.92 Å². The Morgan fingerprint density at radius 2 is 2.00 bits per heavy atom. The first-order valence-electron chi connectivity index (χ1n) is 7.04. The molecule has 1 aromatic carbocycles. The average molecular weight is 355 g/mol. The van der Waals surface area contributed by atoms with Gasteiger partial charge in [-0.1, -0.05) is 19.9 Å². The summed E-state index contributed by atoms with van der Waals surface area (Å²) in [5, 5.41) is 13.9. The van der Waals surface area contributed by atoms with Gasteiger partial charge in [0.15, 0.2) is 0 Å². The van der Waals surface area contributed by atoms with E-state index in [-0.39, 0.29) is 22.1 Å². The molecular weight excluding hydrogens is 336 g/mol. The first kappa shape index (κ1) is 15.9. The molecular formula is C15H19BrN2O3. The van der Waals surface area contributed by atoms with E-state index in [4.69, 9.17) is 0 Å². The van der Waals surface area contributed by atoms with E-state index >= 15 is 0 Å². The molecule has 6 heteroatoms. The number of nitrogens with zero attached hydrogens (tertiary/aromatic N) is 1. The summed E-state index contributed by atoms with van der Waals surface area (Å²) in [6.07, 6.45) is 4.05. The molecule has 2 rings (SSSR count). The number of nitrogens with one attached hydrogen (secondary N) is 1. The van der Waals surface area contributed by atoms with Gasteiger partial charge in [0.2, 0.25) is 0 Å². The Morgan fingerprint density at radius 1 is 1.38 bits per heavy atom. The zero-order valence-electron chi connectivity index (χ0n) is 12.2. The van der Waals surface area contributed by atoms with Crippen LogP contribution in [0.2, 0.25) is 0 Å². The lowest BCUT2D eigenvalue weighted by Crippen LogP contribution is -2.39. The van der Waals surface area contributed by atoms with Crippen molar-refractivity contribution < 1.29 is 9.72 Å². The van der Waals surface area contributed by atoms with Crippen LogP contribution in [0, 0.1) is 15.5 Å². The summed E-state index contributed by atoms with van der Waals surface area (Å²) in [6, 6.07) is 4.65. The van der Waals surface area contributed by atoms with Gasteiger partial charge in [-0.3, -0.25) is 14.9 Å². The Balaban J connectivity index is 2.08. The van der Waals surface area contributed by atoms with Crippen LogP contribution in [0.5, 0.6) is 0 Å². The largest absolute Gasteiger partial charge is 0.349 e. The van der Waals surface area contributed by atoms with Crippen LogP contribution in [0.3, 0.4) is 0 Å². The van der Waals surface area contributed by atoms with E-state index in [0.29, 0.717) is 11.0 Å². The Hall–Kier alpha value is -1.43. The number of nitro groups is 1. The number of benzene rings is 1. The van der Waals surface area contributed by atoms with Crippen LogP contribution in [-0.4, -0.2) is 16.9 Å². The van der Waals surface area contributed by atoms with Crippen molar-refractivity contribution in [2.45, 2.75) is 45.6 Å². The summed E-state index contributed by atoms with van der Waals surface area (Å²) in [6.45, 7) is 4.48. The number of hydrogen-bond acceptors (Lipinski definition) is 3. The highest BCUT2D eigenvalue weighted by molar-refractivity contribution is 9.10. The first-order chi connectivity index (χ1) is 9.80. The highest BCUT2D eigenvalue weighted by Crippen LogP contribution is 2.35. The fourth-order valence-electron chi connectivity index (χ4n) is 2.64. The molecule has 1 amide bonds. The molecule has 1 fully saturated rings. The maximum Gasteiger partial charge on any atom is 0.284 e. The van der Waals surface area contributed by atoms with Gasteiger partial charge in [-0.15, -0.1) is 0 Å². The zero-order valence-corrected chi connectivity index (χ0v) is 13.8. The standard InChI is InChI=1S/C15H19BrN2O3/c1-15(2)8-6-10(7-9-15)17-14(19)11-4-3-5-12(13(11)16)18(20)21/h3-5,10H,6-9H2,1-2H3,(H,17,19). The smallest absolute Gasteiger partial charge is 0.284 e. The summed E-state index contributed by atoms with van der Waals surface area (Å²) in [4.78, 5) is 22.7. The van der Waals surface area contributed by atoms with Gasteiger partial charge in [-0.05, 0) is 53.1 Å². The third-order valence-corrected chi connectivity index (χ3v) is 4.93. The molecule has 1 aromatic rings. The van der Waals surface area contributed by atoms with Gasteiger partial charge in [0.25, 0.3) is 11.6 Å². The van der Waals surface area contributed by atoms with Gasteiger partial charge in [-0.2, -0.15) is 0 Å². The number of nitro benzene ring substituents is 1. The Morgan fingerprint density at radius 3 is 2.57 bits per heavy atom. The number of rotatable bonds is 3.